The second kappa shape index (κ2) is 6.80. The summed E-state index contributed by atoms with van der Waals surface area (Å²) >= 11 is 0. The van der Waals surface area contributed by atoms with Crippen LogP contribution in [-0.4, -0.2) is 30.7 Å². The summed E-state index contributed by atoms with van der Waals surface area (Å²) < 4.78 is 10.6. The van der Waals surface area contributed by atoms with Crippen molar-refractivity contribution in [3.05, 3.63) is 42.0 Å². The van der Waals surface area contributed by atoms with Crippen LogP contribution in [0.5, 0.6) is 11.5 Å². The van der Waals surface area contributed by atoms with Gasteiger partial charge in [0, 0.05) is 19.2 Å². The zero-order valence-corrected chi connectivity index (χ0v) is 11.8. The van der Waals surface area contributed by atoms with Gasteiger partial charge in [-0.2, -0.15) is 0 Å². The van der Waals surface area contributed by atoms with Crippen LogP contribution in [0.2, 0.25) is 0 Å². The molecule has 0 N–H and O–H groups in total. The highest BCUT2D eigenvalue weighted by atomic mass is 16.7. The lowest BCUT2D eigenvalue weighted by molar-refractivity contribution is -0.125. The van der Waals surface area contributed by atoms with Gasteiger partial charge in [-0.1, -0.05) is 24.3 Å². The van der Waals surface area contributed by atoms with Crippen LogP contribution in [0.25, 0.3) is 6.08 Å². The summed E-state index contributed by atoms with van der Waals surface area (Å²) in [6.07, 6.45) is 7.11. The molecule has 0 aliphatic carbocycles. The number of likely N-dealkylation sites (N-methyl/N-ethyl adjacent to an activating group) is 1. The molecule has 0 fully saturated rings. The molecular weight excluding hydrogens is 254 g/mol. The Bertz CT molecular complexity index is 531. The Hall–Kier alpha value is -2.23. The van der Waals surface area contributed by atoms with Crippen LogP contribution < -0.4 is 9.47 Å². The molecule has 106 valence electrons. The topological polar surface area (TPSA) is 38.8 Å². The lowest BCUT2D eigenvalue weighted by atomic mass is 10.2. The number of allylic oxidation sites excluding steroid dienone is 2. The molecule has 0 radical (unpaired) electrons. The quantitative estimate of drug-likeness (QED) is 0.611. The fraction of sp³-hybridized carbons (Fsp3) is 0.312. The number of carbonyl (C=O) groups is 1. The SMILES string of the molecule is CCN(CC)C(=O)/C=C/C=Cc1ccc2c(c1)OCO2. The van der Waals surface area contributed by atoms with Crippen molar-refractivity contribution in [3.8, 4) is 11.5 Å². The number of carbonyl (C=O) groups excluding carboxylic acids is 1. The number of ether oxygens (including phenoxy) is 2. The molecule has 1 aromatic rings. The molecule has 4 nitrogen and oxygen atoms in total. The van der Waals surface area contributed by atoms with Crippen LogP contribution in [0.1, 0.15) is 19.4 Å². The third-order valence-corrected chi connectivity index (χ3v) is 3.11. The van der Waals surface area contributed by atoms with Crippen LogP contribution in [0.15, 0.2) is 36.4 Å². The largest absolute Gasteiger partial charge is 0.454 e. The fourth-order valence-electron chi connectivity index (χ4n) is 1.96. The van der Waals surface area contributed by atoms with E-state index >= 15 is 0 Å². The molecule has 1 aliphatic heterocycles. The van der Waals surface area contributed by atoms with Crippen molar-refractivity contribution in [3.63, 3.8) is 0 Å². The van der Waals surface area contributed by atoms with Crippen LogP contribution in [0.3, 0.4) is 0 Å². The second-order valence-corrected chi connectivity index (χ2v) is 4.34. The van der Waals surface area contributed by atoms with Gasteiger partial charge >= 0.3 is 0 Å². The molecule has 0 unspecified atom stereocenters. The molecule has 4 heteroatoms. The van der Waals surface area contributed by atoms with Gasteiger partial charge in [0.2, 0.25) is 12.7 Å². The number of amides is 1. The first-order valence-electron chi connectivity index (χ1n) is 6.78. The van der Waals surface area contributed by atoms with Crippen molar-refractivity contribution in [1.82, 2.24) is 4.90 Å². The third kappa shape index (κ3) is 3.41. The maximum atomic E-state index is 11.7. The smallest absolute Gasteiger partial charge is 0.246 e. The molecule has 0 aromatic heterocycles. The lowest BCUT2D eigenvalue weighted by Crippen LogP contribution is -2.28. The van der Waals surface area contributed by atoms with Gasteiger partial charge in [-0.15, -0.1) is 0 Å². The van der Waals surface area contributed by atoms with E-state index in [1.165, 1.54) is 0 Å². The Kier molecular flexibility index (Phi) is 4.82. The molecular formula is C16H19NO3. The molecule has 1 aliphatic rings. The highest BCUT2D eigenvalue weighted by Gasteiger charge is 2.11. The first-order valence-corrected chi connectivity index (χ1v) is 6.78. The summed E-state index contributed by atoms with van der Waals surface area (Å²) in [6, 6.07) is 5.75. The third-order valence-electron chi connectivity index (χ3n) is 3.11. The van der Waals surface area contributed by atoms with Gasteiger partial charge in [-0.05, 0) is 31.5 Å². The van der Waals surface area contributed by atoms with Crippen molar-refractivity contribution >= 4 is 12.0 Å². The first kappa shape index (κ1) is 14.2. The van der Waals surface area contributed by atoms with Gasteiger partial charge in [0.25, 0.3) is 0 Å². The van der Waals surface area contributed by atoms with Crippen LogP contribution in [0.4, 0.5) is 0 Å². The zero-order valence-electron chi connectivity index (χ0n) is 11.8. The molecule has 20 heavy (non-hydrogen) atoms. The number of hydrogen-bond donors (Lipinski definition) is 0. The van der Waals surface area contributed by atoms with Gasteiger partial charge in [0.1, 0.15) is 0 Å². The average molecular weight is 273 g/mol. The summed E-state index contributed by atoms with van der Waals surface area (Å²) in [5.74, 6) is 1.56. The summed E-state index contributed by atoms with van der Waals surface area (Å²) in [6.45, 7) is 5.67. The summed E-state index contributed by atoms with van der Waals surface area (Å²) in [4.78, 5) is 13.5. The number of nitrogens with zero attached hydrogens (tertiary/aromatic N) is 1. The van der Waals surface area contributed by atoms with Gasteiger partial charge in [-0.25, -0.2) is 0 Å². The average Bonchev–Trinajstić information content (AvgIpc) is 2.92. The van der Waals surface area contributed by atoms with Gasteiger partial charge < -0.3 is 14.4 Å². The van der Waals surface area contributed by atoms with E-state index in [0.717, 1.165) is 30.2 Å². The molecule has 1 amide bonds. The summed E-state index contributed by atoms with van der Waals surface area (Å²) in [7, 11) is 0. The monoisotopic (exact) mass is 273 g/mol. The van der Waals surface area contributed by atoms with E-state index in [4.69, 9.17) is 9.47 Å². The second-order valence-electron chi connectivity index (χ2n) is 4.34. The van der Waals surface area contributed by atoms with Crippen molar-refractivity contribution in [2.75, 3.05) is 19.9 Å². The predicted molar refractivity (Wildman–Crippen MR) is 78.7 cm³/mol. The van der Waals surface area contributed by atoms with Gasteiger partial charge in [0.15, 0.2) is 11.5 Å². The van der Waals surface area contributed by atoms with E-state index in [1.54, 1.807) is 17.1 Å². The molecule has 1 heterocycles. The fourth-order valence-corrected chi connectivity index (χ4v) is 1.96. The molecule has 0 saturated heterocycles. The molecule has 0 bridgehead atoms. The first-order chi connectivity index (χ1) is 9.74. The zero-order chi connectivity index (χ0) is 14.4. The van der Waals surface area contributed by atoms with E-state index in [-0.39, 0.29) is 12.7 Å². The highest BCUT2D eigenvalue weighted by Crippen LogP contribution is 2.32. The highest BCUT2D eigenvalue weighted by molar-refractivity contribution is 5.88. The van der Waals surface area contributed by atoms with Gasteiger partial charge in [-0.3, -0.25) is 4.79 Å². The number of hydrogen-bond acceptors (Lipinski definition) is 3. The molecule has 0 atom stereocenters. The minimum Gasteiger partial charge on any atom is -0.454 e. The normalized spacial score (nSPS) is 13.3. The molecule has 2 rings (SSSR count). The van der Waals surface area contributed by atoms with E-state index in [0.29, 0.717) is 0 Å². The van der Waals surface area contributed by atoms with E-state index < -0.39 is 0 Å². The lowest BCUT2D eigenvalue weighted by Gasteiger charge is -2.15. The van der Waals surface area contributed by atoms with Crippen molar-refractivity contribution < 1.29 is 14.3 Å². The summed E-state index contributed by atoms with van der Waals surface area (Å²) in [5, 5.41) is 0. The number of rotatable bonds is 5. The molecule has 1 aromatic carbocycles. The Morgan fingerprint density at radius 1 is 1.20 bits per heavy atom. The van der Waals surface area contributed by atoms with Crippen LogP contribution in [-0.2, 0) is 4.79 Å². The van der Waals surface area contributed by atoms with Crippen LogP contribution >= 0.6 is 0 Å². The number of fused-ring (bicyclic) bond motifs is 1. The van der Waals surface area contributed by atoms with Gasteiger partial charge in [0.05, 0.1) is 0 Å². The Morgan fingerprint density at radius 3 is 2.70 bits per heavy atom. The van der Waals surface area contributed by atoms with Crippen molar-refractivity contribution in [1.29, 1.82) is 0 Å². The predicted octanol–water partition coefficient (Wildman–Crippen LogP) is 2.85. The standard InChI is InChI=1S/C16H19NO3/c1-3-17(4-2)16(18)8-6-5-7-13-9-10-14-15(11-13)20-12-19-14/h5-11H,3-4,12H2,1-2H3/b7-5?,8-6+. The maximum absolute atomic E-state index is 11.7. The number of benzene rings is 1. The molecule has 0 spiro atoms. The van der Waals surface area contributed by atoms with Crippen molar-refractivity contribution in [2.24, 2.45) is 0 Å². The van der Waals surface area contributed by atoms with Crippen molar-refractivity contribution in [2.45, 2.75) is 13.8 Å². The maximum Gasteiger partial charge on any atom is 0.246 e. The Balaban J connectivity index is 1.95. The van der Waals surface area contributed by atoms with E-state index in [1.807, 2.05) is 44.2 Å². The minimum atomic E-state index is 0.0327. The van der Waals surface area contributed by atoms with E-state index in [9.17, 15) is 4.79 Å². The Labute approximate surface area is 119 Å². The minimum absolute atomic E-state index is 0.0327. The van der Waals surface area contributed by atoms with Crippen LogP contribution in [0, 0.1) is 0 Å². The molecule has 0 saturated carbocycles. The Morgan fingerprint density at radius 2 is 1.95 bits per heavy atom. The summed E-state index contributed by atoms with van der Waals surface area (Å²) in [5.41, 5.74) is 1.01. The van der Waals surface area contributed by atoms with E-state index in [2.05, 4.69) is 0 Å².